The SMILES string of the molecule is COc1cccc(-c2ccnc3nc(NC(=O)O)nn23)c1. The van der Waals surface area contributed by atoms with E-state index in [-0.39, 0.29) is 5.95 Å². The Labute approximate surface area is 119 Å². The maximum Gasteiger partial charge on any atom is 0.411 e. The van der Waals surface area contributed by atoms with Crippen LogP contribution in [0.5, 0.6) is 5.75 Å². The Morgan fingerprint density at radius 3 is 3.00 bits per heavy atom. The van der Waals surface area contributed by atoms with Gasteiger partial charge in [-0.1, -0.05) is 12.1 Å². The fraction of sp³-hybridized carbons (Fsp3) is 0.0769. The second-order valence-corrected chi connectivity index (χ2v) is 4.14. The van der Waals surface area contributed by atoms with Crippen molar-refractivity contribution in [3.05, 3.63) is 36.5 Å². The Morgan fingerprint density at radius 2 is 2.24 bits per heavy atom. The molecule has 3 aromatic rings. The predicted octanol–water partition coefficient (Wildman–Crippen LogP) is 1.89. The Balaban J connectivity index is 2.13. The summed E-state index contributed by atoms with van der Waals surface area (Å²) >= 11 is 0. The van der Waals surface area contributed by atoms with Gasteiger partial charge in [0, 0.05) is 11.8 Å². The summed E-state index contributed by atoms with van der Waals surface area (Å²) in [6, 6.07) is 9.19. The Kier molecular flexibility index (Phi) is 3.11. The van der Waals surface area contributed by atoms with Crippen LogP contribution in [0.3, 0.4) is 0 Å². The third-order valence-corrected chi connectivity index (χ3v) is 2.82. The average molecular weight is 285 g/mol. The zero-order chi connectivity index (χ0) is 14.8. The van der Waals surface area contributed by atoms with Gasteiger partial charge in [-0.05, 0) is 18.2 Å². The second-order valence-electron chi connectivity index (χ2n) is 4.14. The molecule has 0 spiro atoms. The molecule has 8 heteroatoms. The van der Waals surface area contributed by atoms with Crippen molar-refractivity contribution in [2.75, 3.05) is 12.4 Å². The van der Waals surface area contributed by atoms with E-state index in [0.29, 0.717) is 11.5 Å². The molecule has 1 amide bonds. The molecule has 1 aromatic carbocycles. The van der Waals surface area contributed by atoms with E-state index in [9.17, 15) is 4.79 Å². The Morgan fingerprint density at radius 1 is 1.38 bits per heavy atom. The maximum atomic E-state index is 10.6. The molecule has 3 rings (SSSR count). The van der Waals surface area contributed by atoms with Crippen molar-refractivity contribution in [1.29, 1.82) is 0 Å². The van der Waals surface area contributed by atoms with Crippen molar-refractivity contribution in [2.24, 2.45) is 0 Å². The van der Waals surface area contributed by atoms with Crippen LogP contribution in [0.4, 0.5) is 10.7 Å². The van der Waals surface area contributed by atoms with E-state index in [1.807, 2.05) is 24.3 Å². The number of amides is 1. The van der Waals surface area contributed by atoms with Gasteiger partial charge in [0.2, 0.25) is 0 Å². The van der Waals surface area contributed by atoms with Crippen LogP contribution in [-0.2, 0) is 0 Å². The lowest BCUT2D eigenvalue weighted by molar-refractivity contribution is 0.209. The van der Waals surface area contributed by atoms with Gasteiger partial charge in [-0.15, -0.1) is 5.10 Å². The van der Waals surface area contributed by atoms with E-state index in [0.717, 1.165) is 11.3 Å². The van der Waals surface area contributed by atoms with E-state index >= 15 is 0 Å². The topological polar surface area (TPSA) is 102 Å². The molecule has 0 saturated heterocycles. The smallest absolute Gasteiger partial charge is 0.411 e. The lowest BCUT2D eigenvalue weighted by atomic mass is 10.1. The molecule has 2 N–H and O–H groups in total. The summed E-state index contributed by atoms with van der Waals surface area (Å²) in [4.78, 5) is 18.7. The summed E-state index contributed by atoms with van der Waals surface area (Å²) in [7, 11) is 1.59. The first-order valence-corrected chi connectivity index (χ1v) is 6.03. The molecule has 2 heterocycles. The van der Waals surface area contributed by atoms with Gasteiger partial charge in [0.15, 0.2) is 0 Å². The van der Waals surface area contributed by atoms with Crippen LogP contribution in [-0.4, -0.2) is 37.9 Å². The minimum atomic E-state index is -1.23. The van der Waals surface area contributed by atoms with Crippen molar-refractivity contribution < 1.29 is 14.6 Å². The average Bonchev–Trinajstić information content (AvgIpc) is 2.88. The number of carbonyl (C=O) groups is 1. The first kappa shape index (κ1) is 12.9. The quantitative estimate of drug-likeness (QED) is 0.762. The number of nitrogens with zero attached hydrogens (tertiary/aromatic N) is 4. The van der Waals surface area contributed by atoms with Crippen LogP contribution < -0.4 is 10.1 Å². The third-order valence-electron chi connectivity index (χ3n) is 2.82. The molecule has 0 fully saturated rings. The first-order valence-electron chi connectivity index (χ1n) is 6.03. The molecule has 106 valence electrons. The number of fused-ring (bicyclic) bond motifs is 1. The molecular formula is C13H11N5O3. The van der Waals surface area contributed by atoms with Crippen molar-refractivity contribution in [3.8, 4) is 17.0 Å². The summed E-state index contributed by atoms with van der Waals surface area (Å²) in [6.07, 6.45) is 0.359. The molecular weight excluding hydrogens is 274 g/mol. The van der Waals surface area contributed by atoms with E-state index < -0.39 is 6.09 Å². The fourth-order valence-electron chi connectivity index (χ4n) is 1.94. The highest BCUT2D eigenvalue weighted by atomic mass is 16.5. The number of ether oxygens (including phenoxy) is 1. The van der Waals surface area contributed by atoms with E-state index in [1.165, 1.54) is 4.52 Å². The number of carboxylic acid groups (broad SMARTS) is 1. The van der Waals surface area contributed by atoms with E-state index in [4.69, 9.17) is 9.84 Å². The van der Waals surface area contributed by atoms with Gasteiger partial charge in [-0.25, -0.2) is 9.78 Å². The molecule has 0 bridgehead atoms. The number of aromatic nitrogens is 4. The van der Waals surface area contributed by atoms with Gasteiger partial charge >= 0.3 is 6.09 Å². The molecule has 0 aliphatic heterocycles. The van der Waals surface area contributed by atoms with Gasteiger partial charge in [0.05, 0.1) is 12.8 Å². The summed E-state index contributed by atoms with van der Waals surface area (Å²) in [5.41, 5.74) is 1.58. The molecule has 0 atom stereocenters. The van der Waals surface area contributed by atoms with Gasteiger partial charge in [0.25, 0.3) is 11.7 Å². The van der Waals surface area contributed by atoms with E-state index in [1.54, 1.807) is 19.4 Å². The van der Waals surface area contributed by atoms with Gasteiger partial charge in [-0.2, -0.15) is 9.50 Å². The lowest BCUT2D eigenvalue weighted by Crippen LogP contribution is -2.08. The number of hydrogen-bond acceptors (Lipinski definition) is 5. The predicted molar refractivity (Wildman–Crippen MR) is 74.4 cm³/mol. The highest BCUT2D eigenvalue weighted by Gasteiger charge is 2.11. The Hall–Kier alpha value is -3.16. The minimum Gasteiger partial charge on any atom is -0.497 e. The van der Waals surface area contributed by atoms with Gasteiger partial charge in [-0.3, -0.25) is 5.32 Å². The molecule has 0 radical (unpaired) electrons. The summed E-state index contributed by atoms with van der Waals surface area (Å²) in [6.45, 7) is 0. The molecule has 0 saturated carbocycles. The maximum absolute atomic E-state index is 10.6. The van der Waals surface area contributed by atoms with Crippen molar-refractivity contribution in [2.45, 2.75) is 0 Å². The van der Waals surface area contributed by atoms with Crippen LogP contribution in [0.15, 0.2) is 36.5 Å². The van der Waals surface area contributed by atoms with Crippen LogP contribution in [0.25, 0.3) is 17.0 Å². The Bertz CT molecular complexity index is 814. The highest BCUT2D eigenvalue weighted by Crippen LogP contribution is 2.23. The summed E-state index contributed by atoms with van der Waals surface area (Å²) in [5.74, 6) is 0.992. The second kappa shape index (κ2) is 5.08. The zero-order valence-corrected chi connectivity index (χ0v) is 11.0. The lowest BCUT2D eigenvalue weighted by Gasteiger charge is -2.05. The number of nitrogens with one attached hydrogen (secondary N) is 1. The van der Waals surface area contributed by atoms with Crippen molar-refractivity contribution in [3.63, 3.8) is 0 Å². The van der Waals surface area contributed by atoms with Crippen LogP contribution in [0.1, 0.15) is 0 Å². The monoisotopic (exact) mass is 285 g/mol. The highest BCUT2D eigenvalue weighted by molar-refractivity contribution is 5.80. The molecule has 21 heavy (non-hydrogen) atoms. The van der Waals surface area contributed by atoms with Crippen molar-refractivity contribution >= 4 is 17.8 Å². The number of hydrogen-bond donors (Lipinski definition) is 2. The minimum absolute atomic E-state index is 0.0228. The zero-order valence-electron chi connectivity index (χ0n) is 11.0. The molecule has 2 aromatic heterocycles. The number of rotatable bonds is 3. The fourth-order valence-corrected chi connectivity index (χ4v) is 1.94. The largest absolute Gasteiger partial charge is 0.497 e. The standard InChI is InChI=1S/C13H11N5O3/c1-21-9-4-2-3-8(7-9)10-5-6-14-12-15-11(16-13(19)20)17-18(10)12/h2-7H,1H3,(H,16,17)(H,19,20). The number of methoxy groups -OCH3 is 1. The molecule has 0 aliphatic rings. The normalized spacial score (nSPS) is 10.5. The van der Waals surface area contributed by atoms with Crippen LogP contribution in [0, 0.1) is 0 Å². The summed E-state index contributed by atoms with van der Waals surface area (Å²) < 4.78 is 6.67. The summed E-state index contributed by atoms with van der Waals surface area (Å²) in [5, 5.41) is 14.9. The third kappa shape index (κ3) is 2.46. The molecule has 0 aliphatic carbocycles. The van der Waals surface area contributed by atoms with Gasteiger partial charge in [0.1, 0.15) is 5.75 Å². The van der Waals surface area contributed by atoms with Crippen LogP contribution >= 0.6 is 0 Å². The molecule has 0 unspecified atom stereocenters. The first-order chi connectivity index (χ1) is 10.2. The number of benzene rings is 1. The van der Waals surface area contributed by atoms with Gasteiger partial charge < -0.3 is 9.84 Å². The van der Waals surface area contributed by atoms with E-state index in [2.05, 4.69) is 20.4 Å². The number of anilines is 1. The van der Waals surface area contributed by atoms with Crippen molar-refractivity contribution in [1.82, 2.24) is 19.6 Å². The van der Waals surface area contributed by atoms with Crippen LogP contribution in [0.2, 0.25) is 0 Å². The molecule has 8 nitrogen and oxygen atoms in total.